The minimum Gasteiger partial charge on any atom is -0.492 e. The molecule has 1 rings (SSSR count). The predicted molar refractivity (Wildman–Crippen MR) is 82.1 cm³/mol. The fourth-order valence-corrected chi connectivity index (χ4v) is 2.64. The van der Waals surface area contributed by atoms with Crippen molar-refractivity contribution in [3.8, 4) is 5.75 Å². The first kappa shape index (κ1) is 17.9. The minimum absolute atomic E-state index is 0.173. The maximum absolute atomic E-state index is 12.0. The summed E-state index contributed by atoms with van der Waals surface area (Å²) in [4.78, 5) is 0.213. The van der Waals surface area contributed by atoms with Crippen molar-refractivity contribution in [2.24, 2.45) is 0 Å². The molecule has 1 aromatic rings. The molecule has 1 unspecified atom stereocenters. The molecule has 0 aliphatic carbocycles. The van der Waals surface area contributed by atoms with E-state index in [0.29, 0.717) is 12.4 Å². The lowest BCUT2D eigenvalue weighted by Crippen LogP contribution is -2.31. The van der Waals surface area contributed by atoms with Crippen molar-refractivity contribution < 1.29 is 17.9 Å². The van der Waals surface area contributed by atoms with Crippen molar-refractivity contribution >= 4 is 10.0 Å². The van der Waals surface area contributed by atoms with Crippen LogP contribution in [0.3, 0.4) is 0 Å². The van der Waals surface area contributed by atoms with Crippen LogP contribution in [0.4, 0.5) is 0 Å². The lowest BCUT2D eigenvalue weighted by molar-refractivity contribution is 0.122. The zero-order valence-corrected chi connectivity index (χ0v) is 13.6. The second-order valence-corrected chi connectivity index (χ2v) is 6.34. The molecule has 0 spiro atoms. The van der Waals surface area contributed by atoms with Gasteiger partial charge in [0, 0.05) is 20.2 Å². The van der Waals surface area contributed by atoms with Crippen LogP contribution in [0.25, 0.3) is 0 Å². The lowest BCUT2D eigenvalue weighted by atomic mass is 10.3. The minimum atomic E-state index is -3.51. The number of sulfonamides is 1. The van der Waals surface area contributed by atoms with Crippen LogP contribution in [-0.4, -0.2) is 47.9 Å². The summed E-state index contributed by atoms with van der Waals surface area (Å²) in [5, 5.41) is 3.14. The number of nitrogens with one attached hydrogen (secondary N) is 2. The average Bonchev–Trinajstić information content (AvgIpc) is 2.50. The largest absolute Gasteiger partial charge is 0.492 e. The van der Waals surface area contributed by atoms with Gasteiger partial charge in [0.05, 0.1) is 11.0 Å². The maximum atomic E-state index is 12.0. The summed E-state index contributed by atoms with van der Waals surface area (Å²) in [5.74, 6) is 0.650. The Balaban J connectivity index is 2.56. The third-order valence-corrected chi connectivity index (χ3v) is 4.33. The van der Waals surface area contributed by atoms with Crippen LogP contribution in [-0.2, 0) is 14.8 Å². The van der Waals surface area contributed by atoms with E-state index < -0.39 is 10.0 Å². The molecular weight excluding hydrogens is 292 g/mol. The van der Waals surface area contributed by atoms with E-state index in [9.17, 15) is 8.42 Å². The maximum Gasteiger partial charge on any atom is 0.240 e. The van der Waals surface area contributed by atoms with Crippen molar-refractivity contribution in [3.63, 3.8) is 0 Å². The summed E-state index contributed by atoms with van der Waals surface area (Å²) in [6.07, 6.45) is -0.173. The van der Waals surface area contributed by atoms with Gasteiger partial charge in [-0.15, -0.1) is 0 Å². The SMILES string of the molecule is CCNCCOc1ccc(S(=O)(=O)NCC(C)OC)cc1. The zero-order valence-electron chi connectivity index (χ0n) is 12.8. The first-order chi connectivity index (χ1) is 9.99. The van der Waals surface area contributed by atoms with Gasteiger partial charge in [0.2, 0.25) is 10.0 Å². The van der Waals surface area contributed by atoms with Gasteiger partial charge in [-0.05, 0) is 37.7 Å². The Morgan fingerprint density at radius 2 is 1.90 bits per heavy atom. The Morgan fingerprint density at radius 3 is 2.48 bits per heavy atom. The van der Waals surface area contributed by atoms with Gasteiger partial charge in [-0.1, -0.05) is 6.92 Å². The number of hydrogen-bond donors (Lipinski definition) is 2. The molecule has 2 N–H and O–H groups in total. The highest BCUT2D eigenvalue weighted by molar-refractivity contribution is 7.89. The van der Waals surface area contributed by atoms with Gasteiger partial charge in [-0.2, -0.15) is 0 Å². The molecule has 1 atom stereocenters. The van der Waals surface area contributed by atoms with Crippen molar-refractivity contribution in [2.45, 2.75) is 24.8 Å². The van der Waals surface area contributed by atoms with E-state index >= 15 is 0 Å². The van der Waals surface area contributed by atoms with E-state index in [1.807, 2.05) is 6.92 Å². The molecule has 1 aromatic carbocycles. The number of methoxy groups -OCH3 is 1. The van der Waals surface area contributed by atoms with E-state index in [-0.39, 0.29) is 17.5 Å². The number of hydrogen-bond acceptors (Lipinski definition) is 5. The van der Waals surface area contributed by atoms with Crippen LogP contribution in [0.15, 0.2) is 29.2 Å². The number of likely N-dealkylation sites (N-methyl/N-ethyl adjacent to an activating group) is 1. The third-order valence-electron chi connectivity index (χ3n) is 2.89. The second kappa shape index (κ2) is 8.99. The Kier molecular flexibility index (Phi) is 7.66. The molecule has 0 saturated heterocycles. The topological polar surface area (TPSA) is 76.7 Å². The molecular formula is C14H24N2O4S. The highest BCUT2D eigenvalue weighted by atomic mass is 32.2. The summed E-state index contributed by atoms with van der Waals surface area (Å²) in [6.45, 7) is 6.25. The first-order valence-electron chi connectivity index (χ1n) is 6.95. The van der Waals surface area contributed by atoms with Gasteiger partial charge < -0.3 is 14.8 Å². The van der Waals surface area contributed by atoms with Gasteiger partial charge in [-0.25, -0.2) is 13.1 Å². The summed E-state index contributed by atoms with van der Waals surface area (Å²) in [7, 11) is -1.97. The van der Waals surface area contributed by atoms with Crippen molar-refractivity contribution in [1.29, 1.82) is 0 Å². The molecule has 0 radical (unpaired) electrons. The van der Waals surface area contributed by atoms with E-state index in [2.05, 4.69) is 10.0 Å². The van der Waals surface area contributed by atoms with Gasteiger partial charge in [0.25, 0.3) is 0 Å². The quantitative estimate of drug-likeness (QED) is 0.630. The van der Waals surface area contributed by atoms with Gasteiger partial charge in [0.15, 0.2) is 0 Å². The standard InChI is InChI=1S/C14H24N2O4S/c1-4-15-9-10-20-13-5-7-14(8-6-13)21(17,18)16-11-12(2)19-3/h5-8,12,15-16H,4,9-11H2,1-3H3. The molecule has 0 saturated carbocycles. The van der Waals surface area contributed by atoms with Crippen molar-refractivity contribution in [2.75, 3.05) is 33.4 Å². The lowest BCUT2D eigenvalue weighted by Gasteiger charge is -2.12. The smallest absolute Gasteiger partial charge is 0.240 e. The van der Waals surface area contributed by atoms with Gasteiger partial charge in [-0.3, -0.25) is 0 Å². The normalized spacial score (nSPS) is 13.1. The first-order valence-corrected chi connectivity index (χ1v) is 8.44. The summed E-state index contributed by atoms with van der Waals surface area (Å²) >= 11 is 0. The van der Waals surface area contributed by atoms with Crippen molar-refractivity contribution in [3.05, 3.63) is 24.3 Å². The van der Waals surface area contributed by atoms with E-state index in [1.165, 1.54) is 12.1 Å². The molecule has 0 aromatic heterocycles. The van der Waals surface area contributed by atoms with Crippen LogP contribution in [0.2, 0.25) is 0 Å². The van der Waals surface area contributed by atoms with Crippen molar-refractivity contribution in [1.82, 2.24) is 10.0 Å². The number of rotatable bonds is 10. The van der Waals surface area contributed by atoms with Crippen LogP contribution in [0, 0.1) is 0 Å². The molecule has 0 bridgehead atoms. The summed E-state index contributed by atoms with van der Waals surface area (Å²) in [6, 6.07) is 6.37. The Bertz CT molecular complexity index is 502. The van der Waals surface area contributed by atoms with Crippen LogP contribution in [0.5, 0.6) is 5.75 Å². The van der Waals surface area contributed by atoms with Crippen LogP contribution in [0.1, 0.15) is 13.8 Å². The Morgan fingerprint density at radius 1 is 1.24 bits per heavy atom. The molecule has 7 heteroatoms. The second-order valence-electron chi connectivity index (χ2n) is 4.57. The molecule has 6 nitrogen and oxygen atoms in total. The van der Waals surface area contributed by atoms with Crippen LogP contribution >= 0.6 is 0 Å². The van der Waals surface area contributed by atoms with Gasteiger partial charge >= 0.3 is 0 Å². The fourth-order valence-electron chi connectivity index (χ4n) is 1.53. The van der Waals surface area contributed by atoms with E-state index in [4.69, 9.17) is 9.47 Å². The fraction of sp³-hybridized carbons (Fsp3) is 0.571. The Hall–Kier alpha value is -1.15. The molecule has 0 aliphatic heterocycles. The highest BCUT2D eigenvalue weighted by Crippen LogP contribution is 2.15. The molecule has 0 aliphatic rings. The summed E-state index contributed by atoms with van der Waals surface area (Å²) in [5.41, 5.74) is 0. The molecule has 120 valence electrons. The predicted octanol–water partition coefficient (Wildman–Crippen LogP) is 0.988. The average molecular weight is 316 g/mol. The number of ether oxygens (including phenoxy) is 2. The summed E-state index contributed by atoms with van der Waals surface area (Å²) < 4.78 is 37.1. The number of benzene rings is 1. The molecule has 21 heavy (non-hydrogen) atoms. The Labute approximate surface area is 126 Å². The van der Waals surface area contributed by atoms with Gasteiger partial charge in [0.1, 0.15) is 12.4 Å². The van der Waals surface area contributed by atoms with E-state index in [1.54, 1.807) is 26.2 Å². The van der Waals surface area contributed by atoms with Crippen LogP contribution < -0.4 is 14.8 Å². The molecule has 0 fully saturated rings. The molecule has 0 heterocycles. The zero-order chi connectivity index (χ0) is 15.7. The third kappa shape index (κ3) is 6.43. The van der Waals surface area contributed by atoms with E-state index in [0.717, 1.165) is 13.1 Å². The monoisotopic (exact) mass is 316 g/mol. The highest BCUT2D eigenvalue weighted by Gasteiger charge is 2.14. The molecule has 0 amide bonds.